The zero-order chi connectivity index (χ0) is 10.6. The van der Waals surface area contributed by atoms with Crippen LogP contribution in [-0.4, -0.2) is 6.04 Å². The first-order valence-corrected chi connectivity index (χ1v) is 5.08. The highest BCUT2D eigenvalue weighted by Gasteiger charge is 2.05. The van der Waals surface area contributed by atoms with Crippen LogP contribution in [0.2, 0.25) is 0 Å². The van der Waals surface area contributed by atoms with Crippen LogP contribution in [-0.2, 0) is 0 Å². The van der Waals surface area contributed by atoms with Crippen molar-refractivity contribution in [2.24, 2.45) is 0 Å². The van der Waals surface area contributed by atoms with Crippen molar-refractivity contribution in [3.63, 3.8) is 0 Å². The molecule has 0 aliphatic carbocycles. The molecule has 1 atom stereocenters. The topological polar surface area (TPSA) is 35.8 Å². The number of benzene rings is 1. The summed E-state index contributed by atoms with van der Waals surface area (Å²) in [7, 11) is 0. The van der Waals surface area contributed by atoms with Crippen LogP contribution in [0.4, 0.5) is 10.1 Å². The van der Waals surface area contributed by atoms with Crippen molar-refractivity contribution in [3.8, 4) is 6.07 Å². The highest BCUT2D eigenvalue weighted by molar-refractivity contribution is 9.10. The molecule has 74 valence electrons. The van der Waals surface area contributed by atoms with Gasteiger partial charge < -0.3 is 5.32 Å². The second kappa shape index (κ2) is 4.97. The van der Waals surface area contributed by atoms with Crippen LogP contribution >= 0.6 is 15.9 Å². The molecule has 0 saturated carbocycles. The standard InChI is InChI=1S/C10H10BrFN2/c1-2-7(6-13)14-8-3-4-10(12)9(11)5-8/h3-5,7,14H,2H2,1H3. The maximum absolute atomic E-state index is 12.9. The lowest BCUT2D eigenvalue weighted by Crippen LogP contribution is -2.15. The van der Waals surface area contributed by atoms with Crippen LogP contribution < -0.4 is 5.32 Å². The van der Waals surface area contributed by atoms with Gasteiger partial charge in [0.25, 0.3) is 0 Å². The number of halogens is 2. The maximum Gasteiger partial charge on any atom is 0.137 e. The van der Waals surface area contributed by atoms with E-state index in [9.17, 15) is 4.39 Å². The van der Waals surface area contributed by atoms with Gasteiger partial charge in [0.2, 0.25) is 0 Å². The Labute approximate surface area is 90.9 Å². The molecule has 2 nitrogen and oxygen atoms in total. The molecule has 0 heterocycles. The average molecular weight is 257 g/mol. The van der Waals surface area contributed by atoms with Gasteiger partial charge in [0.05, 0.1) is 10.5 Å². The summed E-state index contributed by atoms with van der Waals surface area (Å²) in [6.45, 7) is 1.92. The summed E-state index contributed by atoms with van der Waals surface area (Å²) in [6, 6.07) is 6.47. The highest BCUT2D eigenvalue weighted by Crippen LogP contribution is 2.20. The van der Waals surface area contributed by atoms with Crippen LogP contribution in [0.5, 0.6) is 0 Å². The quantitative estimate of drug-likeness (QED) is 0.901. The fourth-order valence-electron chi connectivity index (χ4n) is 1.01. The van der Waals surface area contributed by atoms with Gasteiger partial charge in [-0.3, -0.25) is 0 Å². The van der Waals surface area contributed by atoms with E-state index in [1.807, 2.05) is 6.92 Å². The Balaban J connectivity index is 2.78. The Morgan fingerprint density at radius 2 is 2.36 bits per heavy atom. The molecule has 4 heteroatoms. The smallest absolute Gasteiger partial charge is 0.137 e. The lowest BCUT2D eigenvalue weighted by atomic mass is 10.2. The van der Waals surface area contributed by atoms with E-state index in [1.165, 1.54) is 6.07 Å². The van der Waals surface area contributed by atoms with Crippen LogP contribution in [0.1, 0.15) is 13.3 Å². The summed E-state index contributed by atoms with van der Waals surface area (Å²) in [5.74, 6) is -0.305. The highest BCUT2D eigenvalue weighted by atomic mass is 79.9. The van der Waals surface area contributed by atoms with E-state index >= 15 is 0 Å². The second-order valence-electron chi connectivity index (χ2n) is 2.86. The van der Waals surface area contributed by atoms with Crippen LogP contribution in [0, 0.1) is 17.1 Å². The number of nitriles is 1. The summed E-state index contributed by atoms with van der Waals surface area (Å²) in [6.07, 6.45) is 0.714. The Hall–Kier alpha value is -1.08. The summed E-state index contributed by atoms with van der Waals surface area (Å²) in [4.78, 5) is 0. The predicted molar refractivity (Wildman–Crippen MR) is 57.4 cm³/mol. The van der Waals surface area contributed by atoms with E-state index in [0.717, 1.165) is 5.69 Å². The second-order valence-corrected chi connectivity index (χ2v) is 3.72. The van der Waals surface area contributed by atoms with Gasteiger partial charge in [-0.25, -0.2) is 4.39 Å². The van der Waals surface area contributed by atoms with Gasteiger partial charge in [0.15, 0.2) is 0 Å². The first-order valence-electron chi connectivity index (χ1n) is 4.28. The van der Waals surface area contributed by atoms with Gasteiger partial charge in [-0.15, -0.1) is 0 Å². The largest absolute Gasteiger partial charge is 0.370 e. The van der Waals surface area contributed by atoms with Crippen molar-refractivity contribution in [3.05, 3.63) is 28.5 Å². The molecular formula is C10H10BrFN2. The Kier molecular flexibility index (Phi) is 3.90. The molecule has 14 heavy (non-hydrogen) atoms. The normalized spacial score (nSPS) is 11.9. The molecule has 1 N–H and O–H groups in total. The minimum atomic E-state index is -0.305. The summed E-state index contributed by atoms with van der Waals surface area (Å²) in [5, 5.41) is 11.7. The lowest BCUT2D eigenvalue weighted by molar-refractivity contribution is 0.621. The van der Waals surface area contributed by atoms with Crippen molar-refractivity contribution in [1.29, 1.82) is 5.26 Å². The van der Waals surface area contributed by atoms with Gasteiger partial charge in [-0.05, 0) is 40.5 Å². The van der Waals surface area contributed by atoms with Crippen LogP contribution in [0.25, 0.3) is 0 Å². The molecule has 0 spiro atoms. The number of anilines is 1. The minimum absolute atomic E-state index is 0.229. The minimum Gasteiger partial charge on any atom is -0.370 e. The molecule has 1 unspecified atom stereocenters. The molecule has 0 saturated heterocycles. The van der Waals surface area contributed by atoms with E-state index < -0.39 is 0 Å². The number of nitrogens with zero attached hydrogens (tertiary/aromatic N) is 1. The van der Waals surface area contributed by atoms with Crippen molar-refractivity contribution < 1.29 is 4.39 Å². The van der Waals surface area contributed by atoms with Gasteiger partial charge in [0, 0.05) is 5.69 Å². The lowest BCUT2D eigenvalue weighted by Gasteiger charge is -2.10. The molecular weight excluding hydrogens is 247 g/mol. The van der Waals surface area contributed by atoms with E-state index in [0.29, 0.717) is 10.9 Å². The van der Waals surface area contributed by atoms with Gasteiger partial charge in [0.1, 0.15) is 11.9 Å². The first-order chi connectivity index (χ1) is 6.67. The zero-order valence-corrected chi connectivity index (χ0v) is 9.31. The molecule has 1 rings (SSSR count). The van der Waals surface area contributed by atoms with Crippen LogP contribution in [0.15, 0.2) is 22.7 Å². The zero-order valence-electron chi connectivity index (χ0n) is 7.72. The predicted octanol–water partition coefficient (Wildman–Crippen LogP) is 3.30. The summed E-state index contributed by atoms with van der Waals surface area (Å²) >= 11 is 3.08. The Morgan fingerprint density at radius 3 is 2.86 bits per heavy atom. The maximum atomic E-state index is 12.9. The third-order valence-electron chi connectivity index (χ3n) is 1.82. The van der Waals surface area contributed by atoms with Crippen LogP contribution in [0.3, 0.4) is 0 Å². The third kappa shape index (κ3) is 2.71. The molecule has 1 aromatic rings. The van der Waals surface area contributed by atoms with Crippen molar-refractivity contribution in [2.45, 2.75) is 19.4 Å². The number of nitrogens with one attached hydrogen (secondary N) is 1. The Bertz CT molecular complexity index is 360. The molecule has 0 aromatic heterocycles. The number of hydrogen-bond donors (Lipinski definition) is 1. The van der Waals surface area contributed by atoms with Crippen molar-refractivity contribution in [1.82, 2.24) is 0 Å². The fraction of sp³-hybridized carbons (Fsp3) is 0.300. The fourth-order valence-corrected chi connectivity index (χ4v) is 1.39. The van der Waals surface area contributed by atoms with E-state index in [1.54, 1.807) is 12.1 Å². The monoisotopic (exact) mass is 256 g/mol. The van der Waals surface area contributed by atoms with Crippen molar-refractivity contribution in [2.75, 3.05) is 5.32 Å². The third-order valence-corrected chi connectivity index (χ3v) is 2.43. The van der Waals surface area contributed by atoms with Gasteiger partial charge >= 0.3 is 0 Å². The van der Waals surface area contributed by atoms with E-state index in [-0.39, 0.29) is 11.9 Å². The summed E-state index contributed by atoms with van der Waals surface area (Å²) in [5.41, 5.74) is 0.742. The molecule has 0 bridgehead atoms. The van der Waals surface area contributed by atoms with Gasteiger partial charge in [-0.2, -0.15) is 5.26 Å². The van der Waals surface area contributed by atoms with Crippen molar-refractivity contribution >= 4 is 21.6 Å². The van der Waals surface area contributed by atoms with Gasteiger partial charge in [-0.1, -0.05) is 6.92 Å². The molecule has 0 fully saturated rings. The molecule has 0 radical (unpaired) electrons. The number of hydrogen-bond acceptors (Lipinski definition) is 2. The summed E-state index contributed by atoms with van der Waals surface area (Å²) < 4.78 is 13.3. The SMILES string of the molecule is CCC(C#N)Nc1ccc(F)c(Br)c1. The molecule has 1 aromatic carbocycles. The van der Waals surface area contributed by atoms with E-state index in [4.69, 9.17) is 5.26 Å². The molecule has 0 aliphatic heterocycles. The number of rotatable bonds is 3. The molecule has 0 amide bonds. The van der Waals surface area contributed by atoms with E-state index in [2.05, 4.69) is 27.3 Å². The average Bonchev–Trinajstić information content (AvgIpc) is 2.19. The molecule has 0 aliphatic rings. The first kappa shape index (κ1) is 11.0. The Morgan fingerprint density at radius 1 is 1.64 bits per heavy atom.